The van der Waals surface area contributed by atoms with Crippen molar-refractivity contribution in [3.05, 3.63) is 69.3 Å². The summed E-state index contributed by atoms with van der Waals surface area (Å²) >= 11 is 0. The Balaban J connectivity index is 1.99. The Morgan fingerprint density at radius 1 is 1.36 bits per heavy atom. The summed E-state index contributed by atoms with van der Waals surface area (Å²) in [5, 5.41) is 13.4. The molecule has 1 aromatic carbocycles. The molecule has 1 heterocycles. The number of nitrogens with one attached hydrogen (secondary N) is 1. The molecule has 22 heavy (non-hydrogen) atoms. The number of pyridine rings is 1. The van der Waals surface area contributed by atoms with Crippen molar-refractivity contribution in [1.29, 1.82) is 0 Å². The molecule has 6 nitrogen and oxygen atoms in total. The third-order valence-corrected chi connectivity index (χ3v) is 3.14. The van der Waals surface area contributed by atoms with E-state index in [-0.39, 0.29) is 17.1 Å². The van der Waals surface area contributed by atoms with Gasteiger partial charge in [-0.15, -0.1) is 0 Å². The Hall–Kier alpha value is -2.83. The largest absolute Gasteiger partial charge is 0.352 e. The van der Waals surface area contributed by atoms with Crippen molar-refractivity contribution < 1.29 is 14.1 Å². The van der Waals surface area contributed by atoms with Crippen LogP contribution in [0, 0.1) is 22.9 Å². The Labute approximate surface area is 126 Å². The van der Waals surface area contributed by atoms with E-state index in [2.05, 4.69) is 10.3 Å². The number of hydrogen-bond donors (Lipinski definition) is 1. The fourth-order valence-electron chi connectivity index (χ4n) is 1.92. The molecule has 0 aliphatic carbocycles. The highest BCUT2D eigenvalue weighted by atomic mass is 19.1. The topological polar surface area (TPSA) is 85.1 Å². The van der Waals surface area contributed by atoms with Crippen LogP contribution in [0.1, 0.15) is 21.6 Å². The van der Waals surface area contributed by atoms with E-state index in [1.54, 1.807) is 19.1 Å². The maximum atomic E-state index is 12.8. The van der Waals surface area contributed by atoms with Crippen LogP contribution in [-0.4, -0.2) is 22.4 Å². The molecule has 0 spiro atoms. The lowest BCUT2D eigenvalue weighted by atomic mass is 10.1. The first-order chi connectivity index (χ1) is 10.5. The molecule has 0 bridgehead atoms. The molecular weight excluding hydrogens is 289 g/mol. The zero-order valence-electron chi connectivity index (χ0n) is 11.9. The van der Waals surface area contributed by atoms with Crippen LogP contribution in [0.25, 0.3) is 0 Å². The standard InChI is InChI=1S/C15H14FN3O3/c1-10-14(8-13(9-18-10)19(21)22)15(20)17-7-6-11-2-4-12(16)5-3-11/h2-5,8-9H,6-7H2,1H3,(H,17,20). The number of aryl methyl sites for hydroxylation is 1. The molecule has 0 aliphatic heterocycles. The van der Waals surface area contributed by atoms with Gasteiger partial charge in [-0.2, -0.15) is 0 Å². The van der Waals surface area contributed by atoms with Gasteiger partial charge in [0.2, 0.25) is 0 Å². The molecule has 1 amide bonds. The van der Waals surface area contributed by atoms with Gasteiger partial charge in [0, 0.05) is 12.6 Å². The molecular formula is C15H14FN3O3. The van der Waals surface area contributed by atoms with Gasteiger partial charge >= 0.3 is 0 Å². The molecule has 0 fully saturated rings. The van der Waals surface area contributed by atoms with E-state index >= 15 is 0 Å². The van der Waals surface area contributed by atoms with Gasteiger partial charge in [-0.25, -0.2) is 4.39 Å². The van der Waals surface area contributed by atoms with Crippen molar-refractivity contribution in [3.8, 4) is 0 Å². The number of aromatic nitrogens is 1. The first-order valence-electron chi connectivity index (χ1n) is 6.61. The van der Waals surface area contributed by atoms with Crippen LogP contribution >= 0.6 is 0 Å². The SMILES string of the molecule is Cc1ncc([N+](=O)[O-])cc1C(=O)NCCc1ccc(F)cc1. The molecule has 1 N–H and O–H groups in total. The molecule has 2 aromatic rings. The monoisotopic (exact) mass is 303 g/mol. The van der Waals surface area contributed by atoms with Crippen molar-refractivity contribution in [2.24, 2.45) is 0 Å². The predicted molar refractivity (Wildman–Crippen MR) is 78.1 cm³/mol. The van der Waals surface area contributed by atoms with E-state index < -0.39 is 10.8 Å². The lowest BCUT2D eigenvalue weighted by Crippen LogP contribution is -2.26. The lowest BCUT2D eigenvalue weighted by molar-refractivity contribution is -0.385. The number of nitrogens with zero attached hydrogens (tertiary/aromatic N) is 2. The predicted octanol–water partition coefficient (Wildman–Crippen LogP) is 2.41. The summed E-state index contributed by atoms with van der Waals surface area (Å²) in [6, 6.07) is 7.19. The fourth-order valence-corrected chi connectivity index (χ4v) is 1.92. The minimum Gasteiger partial charge on any atom is -0.352 e. The van der Waals surface area contributed by atoms with Gasteiger partial charge in [-0.1, -0.05) is 12.1 Å². The summed E-state index contributed by atoms with van der Waals surface area (Å²) in [6.45, 7) is 1.95. The number of hydrogen-bond acceptors (Lipinski definition) is 4. The van der Waals surface area contributed by atoms with E-state index in [9.17, 15) is 19.3 Å². The van der Waals surface area contributed by atoms with E-state index in [0.29, 0.717) is 18.7 Å². The van der Waals surface area contributed by atoms with Crippen LogP contribution in [0.3, 0.4) is 0 Å². The number of halogens is 1. The second-order valence-corrected chi connectivity index (χ2v) is 4.72. The van der Waals surface area contributed by atoms with Crippen LogP contribution in [0.4, 0.5) is 10.1 Å². The van der Waals surface area contributed by atoms with Crippen LogP contribution in [0.5, 0.6) is 0 Å². The Morgan fingerprint density at radius 3 is 2.68 bits per heavy atom. The molecule has 0 saturated heterocycles. The number of amides is 1. The summed E-state index contributed by atoms with van der Waals surface area (Å²) < 4.78 is 12.8. The van der Waals surface area contributed by atoms with Crippen molar-refractivity contribution in [2.75, 3.05) is 6.54 Å². The zero-order chi connectivity index (χ0) is 16.1. The average Bonchev–Trinajstić information content (AvgIpc) is 2.49. The Morgan fingerprint density at radius 2 is 2.05 bits per heavy atom. The maximum absolute atomic E-state index is 12.8. The van der Waals surface area contributed by atoms with E-state index in [0.717, 1.165) is 11.8 Å². The molecule has 114 valence electrons. The van der Waals surface area contributed by atoms with Crippen molar-refractivity contribution >= 4 is 11.6 Å². The van der Waals surface area contributed by atoms with Gasteiger partial charge in [0.05, 0.1) is 16.2 Å². The molecule has 1 aromatic heterocycles. The lowest BCUT2D eigenvalue weighted by Gasteiger charge is -2.07. The molecule has 2 rings (SSSR count). The molecule has 0 unspecified atom stereocenters. The summed E-state index contributed by atoms with van der Waals surface area (Å²) in [4.78, 5) is 26.0. The van der Waals surface area contributed by atoms with Gasteiger partial charge in [-0.05, 0) is 31.0 Å². The van der Waals surface area contributed by atoms with Gasteiger partial charge in [0.15, 0.2) is 0 Å². The summed E-state index contributed by atoms with van der Waals surface area (Å²) in [6.07, 6.45) is 1.65. The first-order valence-corrected chi connectivity index (χ1v) is 6.61. The minimum absolute atomic E-state index is 0.174. The van der Waals surface area contributed by atoms with E-state index in [4.69, 9.17) is 0 Å². The molecule has 0 saturated carbocycles. The van der Waals surface area contributed by atoms with Crippen LogP contribution < -0.4 is 5.32 Å². The van der Waals surface area contributed by atoms with Crippen LogP contribution in [-0.2, 0) is 6.42 Å². The Kier molecular flexibility index (Phi) is 4.77. The number of nitro groups is 1. The summed E-state index contributed by atoms with van der Waals surface area (Å²) in [5.41, 5.74) is 1.25. The maximum Gasteiger partial charge on any atom is 0.288 e. The van der Waals surface area contributed by atoms with E-state index in [1.165, 1.54) is 18.2 Å². The van der Waals surface area contributed by atoms with Crippen molar-refractivity contribution in [3.63, 3.8) is 0 Å². The van der Waals surface area contributed by atoms with Gasteiger partial charge in [-0.3, -0.25) is 19.9 Å². The third-order valence-electron chi connectivity index (χ3n) is 3.14. The minimum atomic E-state index is -0.596. The highest BCUT2D eigenvalue weighted by Gasteiger charge is 2.15. The summed E-state index contributed by atoms with van der Waals surface area (Å²) in [7, 11) is 0. The number of carbonyl (C=O) groups is 1. The quantitative estimate of drug-likeness (QED) is 0.679. The second-order valence-electron chi connectivity index (χ2n) is 4.72. The van der Waals surface area contributed by atoms with Gasteiger partial charge in [0.25, 0.3) is 11.6 Å². The fraction of sp³-hybridized carbons (Fsp3) is 0.200. The van der Waals surface area contributed by atoms with Gasteiger partial charge in [0.1, 0.15) is 12.0 Å². The third kappa shape index (κ3) is 3.85. The highest BCUT2D eigenvalue weighted by molar-refractivity contribution is 5.95. The van der Waals surface area contributed by atoms with Gasteiger partial charge < -0.3 is 5.32 Å². The normalized spacial score (nSPS) is 10.3. The molecule has 0 atom stereocenters. The highest BCUT2D eigenvalue weighted by Crippen LogP contribution is 2.14. The average molecular weight is 303 g/mol. The first kappa shape index (κ1) is 15.6. The smallest absolute Gasteiger partial charge is 0.288 e. The molecule has 0 aliphatic rings. The number of carbonyl (C=O) groups excluding carboxylic acids is 1. The second kappa shape index (κ2) is 6.75. The van der Waals surface area contributed by atoms with Crippen LogP contribution in [0.2, 0.25) is 0 Å². The molecule has 0 radical (unpaired) electrons. The number of rotatable bonds is 5. The van der Waals surface area contributed by atoms with Crippen molar-refractivity contribution in [1.82, 2.24) is 10.3 Å². The zero-order valence-corrected chi connectivity index (χ0v) is 11.9. The van der Waals surface area contributed by atoms with Crippen molar-refractivity contribution in [2.45, 2.75) is 13.3 Å². The Bertz CT molecular complexity index is 702. The van der Waals surface area contributed by atoms with Crippen LogP contribution in [0.15, 0.2) is 36.5 Å². The number of benzene rings is 1. The summed E-state index contributed by atoms with van der Waals surface area (Å²) in [5.74, 6) is -0.734. The van der Waals surface area contributed by atoms with E-state index in [1.807, 2.05) is 0 Å². The molecule has 7 heteroatoms.